The van der Waals surface area contributed by atoms with Crippen molar-refractivity contribution in [3.8, 4) is 0 Å². The molecule has 0 aliphatic heterocycles. The van der Waals surface area contributed by atoms with Crippen LogP contribution in [0.2, 0.25) is 0 Å². The number of aromatic amines is 1. The number of H-pyrrole nitrogens is 1. The fourth-order valence-corrected chi connectivity index (χ4v) is 1.78. The van der Waals surface area contributed by atoms with Gasteiger partial charge in [0, 0.05) is 6.07 Å². The van der Waals surface area contributed by atoms with Crippen LogP contribution >= 0.6 is 0 Å². The number of nitrogens with zero attached hydrogens (tertiary/aromatic N) is 1. The Kier molecular flexibility index (Phi) is 4.15. The second-order valence-corrected chi connectivity index (χ2v) is 4.25. The molecule has 0 fully saturated rings. The lowest BCUT2D eigenvalue weighted by molar-refractivity contribution is 0.0911. The van der Waals surface area contributed by atoms with E-state index in [2.05, 4.69) is 15.5 Å². The zero-order chi connectivity index (χ0) is 13.7. The molecule has 0 aliphatic carbocycles. The van der Waals surface area contributed by atoms with Gasteiger partial charge in [-0.2, -0.15) is 5.10 Å². The summed E-state index contributed by atoms with van der Waals surface area (Å²) in [6, 6.07) is 10.8. The van der Waals surface area contributed by atoms with Gasteiger partial charge < -0.3 is 16.2 Å². The second kappa shape index (κ2) is 6.01. The number of rotatable bonds is 5. The van der Waals surface area contributed by atoms with Crippen LogP contribution in [0.15, 0.2) is 36.4 Å². The number of aliphatic hydroxyl groups excluding tert-OH is 1. The summed E-state index contributed by atoms with van der Waals surface area (Å²) in [5.74, 6) is -0.0760. The first kappa shape index (κ1) is 13.1. The highest BCUT2D eigenvalue weighted by atomic mass is 16.3. The first-order valence-electron chi connectivity index (χ1n) is 5.95. The van der Waals surface area contributed by atoms with Crippen LogP contribution < -0.4 is 11.1 Å². The molecule has 0 bridgehead atoms. The SMILES string of the molecule is Nc1cc(C(=O)N[C@@H](CO)Cc2ccccc2)[nH]n1. The predicted octanol–water partition coefficient (Wildman–Crippen LogP) is 0.325. The number of hydrogen-bond acceptors (Lipinski definition) is 4. The van der Waals surface area contributed by atoms with Gasteiger partial charge in [0.05, 0.1) is 12.6 Å². The molecule has 1 aromatic heterocycles. The number of carbonyl (C=O) groups is 1. The van der Waals surface area contributed by atoms with Crippen LogP contribution in [-0.4, -0.2) is 33.9 Å². The molecule has 1 aromatic carbocycles. The minimum absolute atomic E-state index is 0.135. The third kappa shape index (κ3) is 3.56. The molecule has 5 N–H and O–H groups in total. The topological polar surface area (TPSA) is 104 Å². The minimum Gasteiger partial charge on any atom is -0.394 e. The molecule has 0 radical (unpaired) electrons. The van der Waals surface area contributed by atoms with Crippen molar-refractivity contribution in [2.45, 2.75) is 12.5 Å². The number of nitrogen functional groups attached to an aromatic ring is 1. The van der Waals surface area contributed by atoms with Crippen LogP contribution in [0.1, 0.15) is 16.1 Å². The van der Waals surface area contributed by atoms with Crippen molar-refractivity contribution in [1.82, 2.24) is 15.5 Å². The van der Waals surface area contributed by atoms with Gasteiger partial charge in [0.25, 0.3) is 5.91 Å². The Labute approximate surface area is 110 Å². The van der Waals surface area contributed by atoms with Crippen LogP contribution in [0, 0.1) is 0 Å². The number of aromatic nitrogens is 2. The zero-order valence-corrected chi connectivity index (χ0v) is 10.3. The molecule has 2 aromatic rings. The first-order chi connectivity index (χ1) is 9.19. The fraction of sp³-hybridized carbons (Fsp3) is 0.231. The quantitative estimate of drug-likeness (QED) is 0.621. The fourth-order valence-electron chi connectivity index (χ4n) is 1.78. The standard InChI is InChI=1S/C13H16N4O2/c14-12-7-11(16-17-12)13(19)15-10(8-18)6-9-4-2-1-3-5-9/h1-5,7,10,18H,6,8H2,(H,15,19)(H3,14,16,17)/t10-/m1/s1. The van der Waals surface area contributed by atoms with Crippen LogP contribution in [0.3, 0.4) is 0 Å². The predicted molar refractivity (Wildman–Crippen MR) is 71.5 cm³/mol. The third-order valence-corrected chi connectivity index (χ3v) is 2.72. The van der Waals surface area contributed by atoms with Gasteiger partial charge in [-0.15, -0.1) is 0 Å². The van der Waals surface area contributed by atoms with Crippen molar-refractivity contribution in [1.29, 1.82) is 0 Å². The summed E-state index contributed by atoms with van der Waals surface area (Å²) in [5, 5.41) is 18.3. The van der Waals surface area contributed by atoms with Gasteiger partial charge in [0.1, 0.15) is 11.5 Å². The molecule has 1 atom stereocenters. The third-order valence-electron chi connectivity index (χ3n) is 2.72. The first-order valence-corrected chi connectivity index (χ1v) is 5.95. The molecular formula is C13H16N4O2. The lowest BCUT2D eigenvalue weighted by Gasteiger charge is -2.15. The number of nitrogens with one attached hydrogen (secondary N) is 2. The molecule has 0 saturated heterocycles. The molecule has 0 unspecified atom stereocenters. The molecule has 2 rings (SSSR count). The number of nitrogens with two attached hydrogens (primary N) is 1. The maximum absolute atomic E-state index is 11.9. The Morgan fingerprint density at radius 2 is 2.16 bits per heavy atom. The van der Waals surface area contributed by atoms with E-state index in [4.69, 9.17) is 5.73 Å². The Balaban J connectivity index is 1.97. The molecule has 6 heteroatoms. The van der Waals surface area contributed by atoms with Gasteiger partial charge >= 0.3 is 0 Å². The van der Waals surface area contributed by atoms with E-state index in [9.17, 15) is 9.90 Å². The normalized spacial score (nSPS) is 12.1. The summed E-state index contributed by atoms with van der Waals surface area (Å²) in [6.07, 6.45) is 0.562. The van der Waals surface area contributed by atoms with Gasteiger partial charge in [-0.25, -0.2) is 0 Å². The molecular weight excluding hydrogens is 244 g/mol. The van der Waals surface area contributed by atoms with Crippen molar-refractivity contribution >= 4 is 11.7 Å². The van der Waals surface area contributed by atoms with E-state index in [1.807, 2.05) is 30.3 Å². The summed E-state index contributed by atoms with van der Waals surface area (Å²) < 4.78 is 0. The minimum atomic E-state index is -0.348. The van der Waals surface area contributed by atoms with E-state index < -0.39 is 0 Å². The van der Waals surface area contributed by atoms with Gasteiger partial charge in [0.2, 0.25) is 0 Å². The van der Waals surface area contributed by atoms with Gasteiger partial charge in [0.15, 0.2) is 0 Å². The summed E-state index contributed by atoms with van der Waals surface area (Å²) in [7, 11) is 0. The molecule has 6 nitrogen and oxygen atoms in total. The van der Waals surface area contributed by atoms with Crippen LogP contribution in [0.5, 0.6) is 0 Å². The van der Waals surface area contributed by atoms with E-state index >= 15 is 0 Å². The number of aliphatic hydroxyl groups is 1. The van der Waals surface area contributed by atoms with Crippen molar-refractivity contribution in [3.05, 3.63) is 47.7 Å². The largest absolute Gasteiger partial charge is 0.394 e. The maximum atomic E-state index is 11.9. The lowest BCUT2D eigenvalue weighted by atomic mass is 10.1. The lowest BCUT2D eigenvalue weighted by Crippen LogP contribution is -2.39. The van der Waals surface area contributed by atoms with Gasteiger partial charge in [-0.3, -0.25) is 9.89 Å². The molecule has 100 valence electrons. The molecule has 1 amide bonds. The van der Waals surface area contributed by atoms with E-state index in [1.54, 1.807) is 0 Å². The van der Waals surface area contributed by atoms with Crippen molar-refractivity contribution < 1.29 is 9.90 Å². The highest BCUT2D eigenvalue weighted by Gasteiger charge is 2.15. The van der Waals surface area contributed by atoms with E-state index in [-0.39, 0.29) is 30.1 Å². The van der Waals surface area contributed by atoms with E-state index in [0.717, 1.165) is 5.56 Å². The number of carbonyl (C=O) groups excluding carboxylic acids is 1. The Morgan fingerprint density at radius 3 is 2.74 bits per heavy atom. The molecule has 0 spiro atoms. The Hall–Kier alpha value is -2.34. The molecule has 19 heavy (non-hydrogen) atoms. The van der Waals surface area contributed by atoms with Crippen molar-refractivity contribution in [2.24, 2.45) is 0 Å². The van der Waals surface area contributed by atoms with Gasteiger partial charge in [-0.1, -0.05) is 30.3 Å². The number of anilines is 1. The van der Waals surface area contributed by atoms with Crippen molar-refractivity contribution in [3.63, 3.8) is 0 Å². The zero-order valence-electron chi connectivity index (χ0n) is 10.3. The average Bonchev–Trinajstić information content (AvgIpc) is 2.86. The number of benzene rings is 1. The van der Waals surface area contributed by atoms with E-state index in [0.29, 0.717) is 6.42 Å². The second-order valence-electron chi connectivity index (χ2n) is 4.25. The number of amides is 1. The Morgan fingerprint density at radius 1 is 1.42 bits per heavy atom. The summed E-state index contributed by atoms with van der Waals surface area (Å²) in [4.78, 5) is 11.9. The summed E-state index contributed by atoms with van der Waals surface area (Å²) >= 11 is 0. The van der Waals surface area contributed by atoms with Crippen LogP contribution in [-0.2, 0) is 6.42 Å². The molecule has 0 saturated carbocycles. The molecule has 1 heterocycles. The summed E-state index contributed by atoms with van der Waals surface area (Å²) in [6.45, 7) is -0.135. The summed E-state index contributed by atoms with van der Waals surface area (Å²) in [5.41, 5.74) is 6.76. The number of hydrogen-bond donors (Lipinski definition) is 4. The van der Waals surface area contributed by atoms with Gasteiger partial charge in [-0.05, 0) is 12.0 Å². The average molecular weight is 260 g/mol. The van der Waals surface area contributed by atoms with Crippen LogP contribution in [0.25, 0.3) is 0 Å². The van der Waals surface area contributed by atoms with Crippen LogP contribution in [0.4, 0.5) is 5.82 Å². The smallest absolute Gasteiger partial charge is 0.269 e. The Bertz CT molecular complexity index is 539. The monoisotopic (exact) mass is 260 g/mol. The van der Waals surface area contributed by atoms with Crippen molar-refractivity contribution in [2.75, 3.05) is 12.3 Å². The maximum Gasteiger partial charge on any atom is 0.269 e. The highest BCUT2D eigenvalue weighted by Crippen LogP contribution is 2.05. The van der Waals surface area contributed by atoms with E-state index in [1.165, 1.54) is 6.07 Å². The molecule has 0 aliphatic rings. The highest BCUT2D eigenvalue weighted by molar-refractivity contribution is 5.93.